The van der Waals surface area contributed by atoms with Crippen molar-refractivity contribution in [3.8, 4) is 39.8 Å². The van der Waals surface area contributed by atoms with Gasteiger partial charge in [0.15, 0.2) is 5.76 Å². The van der Waals surface area contributed by atoms with Crippen LogP contribution in [0.3, 0.4) is 0 Å². The molecule has 35 heavy (non-hydrogen) atoms. The van der Waals surface area contributed by atoms with E-state index in [9.17, 15) is 10.2 Å². The molecule has 1 unspecified atom stereocenters. The third kappa shape index (κ3) is 5.66. The maximum atomic E-state index is 9.99. The molecule has 1 aliphatic rings. The lowest BCUT2D eigenvalue weighted by atomic mass is 9.96. The average Bonchev–Trinajstić information content (AvgIpc) is 3.29. The SMILES string of the molecule is Oc1cccc(-c2noc(-c3cccc(O)c3)c2Cc2ccc(OCCC3CCCCN3)cc2)c1. The van der Waals surface area contributed by atoms with Crippen LogP contribution in [0.1, 0.15) is 36.8 Å². The number of benzene rings is 3. The molecular formula is C29H30N2O4. The molecule has 3 aromatic carbocycles. The molecule has 1 aromatic heterocycles. The second-order valence-corrected chi connectivity index (χ2v) is 9.04. The maximum Gasteiger partial charge on any atom is 0.171 e. The molecule has 0 saturated carbocycles. The highest BCUT2D eigenvalue weighted by molar-refractivity contribution is 5.74. The Morgan fingerprint density at radius 2 is 1.66 bits per heavy atom. The molecule has 3 N–H and O–H groups in total. The second kappa shape index (κ2) is 10.7. The molecule has 1 fully saturated rings. The first-order valence-corrected chi connectivity index (χ1v) is 12.2. The summed E-state index contributed by atoms with van der Waals surface area (Å²) in [5, 5.41) is 27.9. The van der Waals surface area contributed by atoms with E-state index in [4.69, 9.17) is 9.26 Å². The van der Waals surface area contributed by atoms with Crippen LogP contribution < -0.4 is 10.1 Å². The molecule has 6 heteroatoms. The predicted octanol–water partition coefficient (Wildman–Crippen LogP) is 5.92. The zero-order valence-corrected chi connectivity index (χ0v) is 19.6. The minimum absolute atomic E-state index is 0.161. The Hall–Kier alpha value is -3.77. The highest BCUT2D eigenvalue weighted by atomic mass is 16.5. The minimum atomic E-state index is 0.161. The third-order valence-electron chi connectivity index (χ3n) is 6.47. The summed E-state index contributed by atoms with van der Waals surface area (Å²) in [6.45, 7) is 1.81. The first-order chi connectivity index (χ1) is 17.2. The normalized spacial score (nSPS) is 15.7. The van der Waals surface area contributed by atoms with E-state index in [2.05, 4.69) is 22.6 Å². The largest absolute Gasteiger partial charge is 0.508 e. The van der Waals surface area contributed by atoms with Crippen molar-refractivity contribution in [2.75, 3.05) is 13.2 Å². The standard InChI is InChI=1S/C29H30N2O4/c32-24-8-3-5-21(18-24)28-27(29(35-31-28)22-6-4-9-25(33)19-22)17-20-10-12-26(13-11-20)34-16-14-23-7-1-2-15-30-23/h3-6,8-13,18-19,23,30,32-33H,1-2,7,14-17H2. The van der Waals surface area contributed by atoms with Crippen molar-refractivity contribution >= 4 is 0 Å². The molecule has 0 radical (unpaired) electrons. The Morgan fingerprint density at radius 1 is 0.914 bits per heavy atom. The number of phenols is 2. The first-order valence-electron chi connectivity index (χ1n) is 12.2. The second-order valence-electron chi connectivity index (χ2n) is 9.04. The maximum absolute atomic E-state index is 9.99. The van der Waals surface area contributed by atoms with Gasteiger partial charge in [0, 0.05) is 29.2 Å². The van der Waals surface area contributed by atoms with E-state index in [1.807, 2.05) is 24.3 Å². The summed E-state index contributed by atoms with van der Waals surface area (Å²) in [4.78, 5) is 0. The zero-order valence-electron chi connectivity index (χ0n) is 19.6. The van der Waals surface area contributed by atoms with Gasteiger partial charge in [-0.2, -0.15) is 0 Å². The average molecular weight is 471 g/mol. The molecule has 0 aliphatic carbocycles. The zero-order chi connectivity index (χ0) is 24.0. The summed E-state index contributed by atoms with van der Waals surface area (Å²) in [5.74, 6) is 1.78. The van der Waals surface area contributed by atoms with Gasteiger partial charge in [-0.15, -0.1) is 0 Å². The van der Waals surface area contributed by atoms with Gasteiger partial charge in [-0.1, -0.05) is 48.0 Å². The Labute approximate surface area is 205 Å². The molecule has 6 nitrogen and oxygen atoms in total. The van der Waals surface area contributed by atoms with Gasteiger partial charge in [0.05, 0.1) is 6.61 Å². The molecule has 0 bridgehead atoms. The van der Waals surface area contributed by atoms with E-state index in [0.29, 0.717) is 30.5 Å². The van der Waals surface area contributed by atoms with Crippen LogP contribution in [0.4, 0.5) is 0 Å². The number of aromatic hydroxyl groups is 2. The van der Waals surface area contributed by atoms with Gasteiger partial charge in [0.25, 0.3) is 0 Å². The van der Waals surface area contributed by atoms with Crippen molar-refractivity contribution in [3.05, 3.63) is 83.9 Å². The summed E-state index contributed by atoms with van der Waals surface area (Å²) < 4.78 is 11.7. The minimum Gasteiger partial charge on any atom is -0.508 e. The fraction of sp³-hybridized carbons (Fsp3) is 0.276. The van der Waals surface area contributed by atoms with Gasteiger partial charge in [0.2, 0.25) is 0 Å². The van der Waals surface area contributed by atoms with Gasteiger partial charge >= 0.3 is 0 Å². The Kier molecular flexibility index (Phi) is 7.00. The van der Waals surface area contributed by atoms with Crippen LogP contribution in [0.2, 0.25) is 0 Å². The summed E-state index contributed by atoms with van der Waals surface area (Å²) in [7, 11) is 0. The van der Waals surface area contributed by atoms with Gasteiger partial charge in [0.1, 0.15) is 22.9 Å². The van der Waals surface area contributed by atoms with E-state index in [1.54, 1.807) is 36.4 Å². The number of hydrogen-bond donors (Lipinski definition) is 3. The van der Waals surface area contributed by atoms with Crippen LogP contribution in [0.5, 0.6) is 17.2 Å². The van der Waals surface area contributed by atoms with Crippen molar-refractivity contribution < 1.29 is 19.5 Å². The van der Waals surface area contributed by atoms with E-state index in [1.165, 1.54) is 19.3 Å². The van der Waals surface area contributed by atoms with Crippen LogP contribution in [-0.2, 0) is 6.42 Å². The van der Waals surface area contributed by atoms with Crippen LogP contribution in [0.25, 0.3) is 22.6 Å². The number of nitrogens with zero attached hydrogens (tertiary/aromatic N) is 1. The number of ether oxygens (including phenoxy) is 1. The molecule has 1 saturated heterocycles. The van der Waals surface area contributed by atoms with Crippen LogP contribution in [0, 0.1) is 0 Å². The number of aromatic nitrogens is 1. The Bertz CT molecular complexity index is 1200. The summed E-state index contributed by atoms with van der Waals surface area (Å²) in [6.07, 6.45) is 5.38. The van der Waals surface area contributed by atoms with Gasteiger partial charge in [-0.05, 0) is 67.8 Å². The van der Waals surface area contributed by atoms with Gasteiger partial charge in [-0.3, -0.25) is 0 Å². The fourth-order valence-electron chi connectivity index (χ4n) is 4.62. The number of nitrogens with one attached hydrogen (secondary N) is 1. The van der Waals surface area contributed by atoms with Crippen molar-refractivity contribution in [2.24, 2.45) is 0 Å². The lowest BCUT2D eigenvalue weighted by molar-refractivity contribution is 0.268. The molecule has 180 valence electrons. The summed E-state index contributed by atoms with van der Waals surface area (Å²) in [5.41, 5.74) is 4.15. The van der Waals surface area contributed by atoms with E-state index in [0.717, 1.165) is 41.0 Å². The number of hydrogen-bond acceptors (Lipinski definition) is 6. The van der Waals surface area contributed by atoms with Crippen LogP contribution >= 0.6 is 0 Å². The molecule has 1 aliphatic heterocycles. The lowest BCUT2D eigenvalue weighted by Gasteiger charge is -2.23. The lowest BCUT2D eigenvalue weighted by Crippen LogP contribution is -2.35. The summed E-state index contributed by atoms with van der Waals surface area (Å²) in [6, 6.07) is 22.6. The fourth-order valence-corrected chi connectivity index (χ4v) is 4.62. The van der Waals surface area contributed by atoms with Crippen molar-refractivity contribution in [1.82, 2.24) is 10.5 Å². The highest BCUT2D eigenvalue weighted by Crippen LogP contribution is 2.36. The van der Waals surface area contributed by atoms with Crippen LogP contribution in [-0.4, -0.2) is 34.6 Å². The summed E-state index contributed by atoms with van der Waals surface area (Å²) >= 11 is 0. The topological polar surface area (TPSA) is 87.8 Å². The number of rotatable bonds is 8. The molecule has 2 heterocycles. The number of piperidine rings is 1. The quantitative estimate of drug-likeness (QED) is 0.296. The highest BCUT2D eigenvalue weighted by Gasteiger charge is 2.20. The van der Waals surface area contributed by atoms with Crippen molar-refractivity contribution in [1.29, 1.82) is 0 Å². The van der Waals surface area contributed by atoms with E-state index >= 15 is 0 Å². The number of phenolic OH excluding ortho intramolecular Hbond substituents is 2. The first kappa shape index (κ1) is 23.0. The molecule has 4 aromatic rings. The van der Waals surface area contributed by atoms with Crippen LogP contribution in [0.15, 0.2) is 77.3 Å². The predicted molar refractivity (Wildman–Crippen MR) is 136 cm³/mol. The molecular weight excluding hydrogens is 440 g/mol. The molecule has 1 atom stereocenters. The van der Waals surface area contributed by atoms with Gasteiger partial charge < -0.3 is 24.8 Å². The van der Waals surface area contributed by atoms with E-state index in [-0.39, 0.29) is 11.5 Å². The van der Waals surface area contributed by atoms with Crippen molar-refractivity contribution in [2.45, 2.75) is 38.1 Å². The molecule has 0 amide bonds. The molecule has 0 spiro atoms. The Balaban J connectivity index is 1.36. The van der Waals surface area contributed by atoms with Gasteiger partial charge in [-0.25, -0.2) is 0 Å². The Morgan fingerprint density at radius 3 is 2.37 bits per heavy atom. The van der Waals surface area contributed by atoms with Crippen molar-refractivity contribution in [3.63, 3.8) is 0 Å². The van der Waals surface area contributed by atoms with E-state index < -0.39 is 0 Å². The molecule has 5 rings (SSSR count). The third-order valence-corrected chi connectivity index (χ3v) is 6.47. The monoisotopic (exact) mass is 470 g/mol. The smallest absolute Gasteiger partial charge is 0.171 e.